The molecule has 1 aliphatic rings. The van der Waals surface area contributed by atoms with Crippen LogP contribution in [0.3, 0.4) is 0 Å². The Balaban J connectivity index is 2.34. The van der Waals surface area contributed by atoms with Crippen molar-refractivity contribution in [3.05, 3.63) is 46.1 Å². The number of urea groups is 1. The molecule has 6 heteroatoms. The summed E-state index contributed by atoms with van der Waals surface area (Å²) in [6, 6.07) is 5.87. The van der Waals surface area contributed by atoms with Gasteiger partial charge in [-0.15, -0.1) is 0 Å². The third kappa shape index (κ3) is 6.32. The average molecular weight is 435 g/mol. The number of ketones is 1. The largest absolute Gasteiger partial charge is 0.384 e. The fourth-order valence-corrected chi connectivity index (χ4v) is 3.82. The van der Waals surface area contributed by atoms with E-state index in [1.165, 1.54) is 6.92 Å². The molecule has 166 valence electrons. The Hall–Kier alpha value is -1.85. The number of methoxy groups -OCH3 is 1. The Labute approximate surface area is 185 Å². The lowest BCUT2D eigenvalue weighted by molar-refractivity contribution is -0.117. The van der Waals surface area contributed by atoms with Gasteiger partial charge in [0.15, 0.2) is 0 Å². The van der Waals surface area contributed by atoms with Gasteiger partial charge in [0.1, 0.15) is 5.78 Å². The monoisotopic (exact) mass is 434 g/mol. The Kier molecular flexibility index (Phi) is 8.12. The summed E-state index contributed by atoms with van der Waals surface area (Å²) >= 11 is 6.64. The highest BCUT2D eigenvalue weighted by Gasteiger charge is 2.38. The van der Waals surface area contributed by atoms with Crippen LogP contribution in [0, 0.1) is 5.41 Å². The molecule has 2 rings (SSSR count). The number of carbonyl (C=O) groups excluding carboxylic acids is 2. The van der Waals surface area contributed by atoms with Crippen molar-refractivity contribution in [1.82, 2.24) is 10.2 Å². The van der Waals surface area contributed by atoms with Crippen LogP contribution in [0.4, 0.5) is 4.79 Å². The standard InChI is InChI=1S/C24H35ClN2O3/c1-17(28)10-13-27-16-20(11-14-30-6)24(5,26-22(27)29)19-8-7-18(21(25)15-19)9-12-23(2,3)4/h7-8,15-16H,9-14H2,1-6H3,(H,26,29)/t24-/m0/s1. The second kappa shape index (κ2) is 9.97. The molecule has 0 radical (unpaired) electrons. The molecule has 0 aromatic heterocycles. The summed E-state index contributed by atoms with van der Waals surface area (Å²) in [6.07, 6.45) is 4.81. The van der Waals surface area contributed by atoms with Gasteiger partial charge in [-0.1, -0.05) is 44.5 Å². The van der Waals surface area contributed by atoms with Crippen LogP contribution < -0.4 is 5.32 Å². The summed E-state index contributed by atoms with van der Waals surface area (Å²) in [4.78, 5) is 25.7. The molecule has 0 unspecified atom stereocenters. The maximum absolute atomic E-state index is 12.8. The van der Waals surface area contributed by atoms with Gasteiger partial charge in [0, 0.05) is 31.3 Å². The van der Waals surface area contributed by atoms with Crippen LogP contribution in [-0.4, -0.2) is 37.0 Å². The number of rotatable bonds is 9. The minimum atomic E-state index is -0.686. The molecule has 0 saturated heterocycles. The van der Waals surface area contributed by atoms with Gasteiger partial charge in [-0.05, 0) is 61.3 Å². The lowest BCUT2D eigenvalue weighted by atomic mass is 9.81. The van der Waals surface area contributed by atoms with Gasteiger partial charge in [0.05, 0.1) is 12.1 Å². The number of Topliss-reactive ketones (excluding diaryl/α,β-unsaturated/α-hetero) is 1. The van der Waals surface area contributed by atoms with E-state index in [-0.39, 0.29) is 17.2 Å². The molecule has 0 saturated carbocycles. The Morgan fingerprint density at radius 1 is 1.27 bits per heavy atom. The molecular weight excluding hydrogens is 400 g/mol. The van der Waals surface area contributed by atoms with Crippen LogP contribution in [0.15, 0.2) is 30.0 Å². The number of ether oxygens (including phenoxy) is 1. The van der Waals surface area contributed by atoms with Crippen LogP contribution in [0.25, 0.3) is 0 Å². The number of hydrogen-bond acceptors (Lipinski definition) is 3. The highest BCUT2D eigenvalue weighted by atomic mass is 35.5. The highest BCUT2D eigenvalue weighted by Crippen LogP contribution is 2.37. The van der Waals surface area contributed by atoms with E-state index in [0.29, 0.717) is 26.0 Å². The Morgan fingerprint density at radius 3 is 2.53 bits per heavy atom. The molecule has 1 N–H and O–H groups in total. The van der Waals surface area contributed by atoms with E-state index in [2.05, 4.69) is 38.2 Å². The van der Waals surface area contributed by atoms with Gasteiger partial charge < -0.3 is 15.0 Å². The summed E-state index contributed by atoms with van der Waals surface area (Å²) < 4.78 is 5.29. The first-order valence-corrected chi connectivity index (χ1v) is 10.9. The molecule has 1 heterocycles. The number of hydrogen-bond donors (Lipinski definition) is 1. The van der Waals surface area contributed by atoms with Crippen LogP contribution >= 0.6 is 11.6 Å². The summed E-state index contributed by atoms with van der Waals surface area (Å²) in [7, 11) is 1.66. The van der Waals surface area contributed by atoms with Crippen molar-refractivity contribution >= 4 is 23.4 Å². The second-order valence-corrected chi connectivity index (χ2v) is 9.87. The average Bonchev–Trinajstić information content (AvgIpc) is 2.64. The van der Waals surface area contributed by atoms with Gasteiger partial charge in [0.25, 0.3) is 0 Å². The Bertz CT molecular complexity index is 813. The van der Waals surface area contributed by atoms with E-state index >= 15 is 0 Å². The zero-order valence-electron chi connectivity index (χ0n) is 19.1. The maximum atomic E-state index is 12.8. The zero-order valence-corrected chi connectivity index (χ0v) is 19.9. The number of nitrogens with one attached hydrogen (secondary N) is 1. The summed E-state index contributed by atoms with van der Waals surface area (Å²) in [5.41, 5.74) is 2.63. The first-order valence-electron chi connectivity index (χ1n) is 10.5. The van der Waals surface area contributed by atoms with Crippen molar-refractivity contribution in [3.8, 4) is 0 Å². The van der Waals surface area contributed by atoms with E-state index in [0.717, 1.165) is 34.6 Å². The smallest absolute Gasteiger partial charge is 0.322 e. The minimum Gasteiger partial charge on any atom is -0.384 e. The van der Waals surface area contributed by atoms with Crippen molar-refractivity contribution in [2.45, 2.75) is 65.8 Å². The summed E-state index contributed by atoms with van der Waals surface area (Å²) in [6.45, 7) is 11.1. The van der Waals surface area contributed by atoms with Crippen molar-refractivity contribution in [3.63, 3.8) is 0 Å². The van der Waals surface area contributed by atoms with Crippen LogP contribution in [0.5, 0.6) is 0 Å². The molecule has 0 aliphatic carbocycles. The first-order chi connectivity index (χ1) is 14.0. The van der Waals surface area contributed by atoms with E-state index in [9.17, 15) is 9.59 Å². The third-order valence-electron chi connectivity index (χ3n) is 5.63. The molecule has 1 aliphatic heterocycles. The lowest BCUT2D eigenvalue weighted by Crippen LogP contribution is -2.54. The number of halogens is 1. The maximum Gasteiger partial charge on any atom is 0.322 e. The van der Waals surface area contributed by atoms with Crippen LogP contribution in [0.2, 0.25) is 5.02 Å². The molecule has 1 atom stereocenters. The fourth-order valence-electron chi connectivity index (χ4n) is 3.54. The Morgan fingerprint density at radius 2 is 1.97 bits per heavy atom. The van der Waals surface area contributed by atoms with Crippen molar-refractivity contribution in [2.75, 3.05) is 20.3 Å². The van der Waals surface area contributed by atoms with E-state index in [1.54, 1.807) is 12.0 Å². The molecule has 0 fully saturated rings. The van der Waals surface area contributed by atoms with Crippen molar-refractivity contribution in [2.24, 2.45) is 5.41 Å². The number of amides is 2. The van der Waals surface area contributed by atoms with Crippen molar-refractivity contribution in [1.29, 1.82) is 0 Å². The van der Waals surface area contributed by atoms with E-state index in [4.69, 9.17) is 16.3 Å². The zero-order chi connectivity index (χ0) is 22.5. The predicted octanol–water partition coefficient (Wildman–Crippen LogP) is 5.46. The number of benzene rings is 1. The SMILES string of the molecule is COCCC1=CN(CCC(C)=O)C(=O)N[C@@]1(C)c1ccc(CCC(C)(C)C)c(Cl)c1. The van der Waals surface area contributed by atoms with E-state index in [1.807, 2.05) is 19.2 Å². The number of nitrogens with zero attached hydrogens (tertiary/aromatic N) is 1. The first kappa shape index (κ1) is 24.4. The van der Waals surface area contributed by atoms with E-state index < -0.39 is 5.54 Å². The predicted molar refractivity (Wildman–Crippen MR) is 122 cm³/mol. The minimum absolute atomic E-state index is 0.0561. The number of aryl methyl sites for hydroxylation is 1. The van der Waals surface area contributed by atoms with Gasteiger partial charge in [-0.3, -0.25) is 4.79 Å². The molecule has 30 heavy (non-hydrogen) atoms. The van der Waals surface area contributed by atoms with Gasteiger partial charge in [0.2, 0.25) is 0 Å². The van der Waals surface area contributed by atoms with Crippen molar-refractivity contribution < 1.29 is 14.3 Å². The van der Waals surface area contributed by atoms with Gasteiger partial charge in [-0.2, -0.15) is 0 Å². The second-order valence-electron chi connectivity index (χ2n) is 9.46. The van der Waals surface area contributed by atoms with Crippen LogP contribution in [-0.2, 0) is 21.5 Å². The van der Waals surface area contributed by atoms with Gasteiger partial charge in [-0.25, -0.2) is 4.79 Å². The molecule has 0 spiro atoms. The topological polar surface area (TPSA) is 58.6 Å². The molecule has 5 nitrogen and oxygen atoms in total. The summed E-state index contributed by atoms with van der Waals surface area (Å²) in [5.74, 6) is 0.0561. The van der Waals surface area contributed by atoms with Crippen LogP contribution in [0.1, 0.15) is 65.0 Å². The quantitative estimate of drug-likeness (QED) is 0.561. The summed E-state index contributed by atoms with van der Waals surface area (Å²) in [5, 5.41) is 3.86. The third-order valence-corrected chi connectivity index (χ3v) is 5.98. The highest BCUT2D eigenvalue weighted by molar-refractivity contribution is 6.31. The molecule has 1 aromatic rings. The normalized spacial score (nSPS) is 19.5. The molecule has 0 bridgehead atoms. The van der Waals surface area contributed by atoms with Gasteiger partial charge >= 0.3 is 6.03 Å². The fraction of sp³-hybridized carbons (Fsp3) is 0.583. The number of carbonyl (C=O) groups is 2. The molecule has 1 aromatic carbocycles. The molecular formula is C24H35ClN2O3. The lowest BCUT2D eigenvalue weighted by Gasteiger charge is -2.41. The molecule has 2 amide bonds.